The molecule has 0 saturated carbocycles. The molecule has 10 rings (SSSR count). The Bertz CT molecular complexity index is 2890. The number of pyridine rings is 1. The van der Waals surface area contributed by atoms with Gasteiger partial charge in [-0.1, -0.05) is 115 Å². The van der Waals surface area contributed by atoms with Gasteiger partial charge in [0, 0.05) is 33.7 Å². The lowest BCUT2D eigenvalue weighted by Crippen LogP contribution is -2.00. The topological polar surface area (TPSA) is 64.1 Å². The second-order valence-electron chi connectivity index (χ2n) is 13.2. The van der Waals surface area contributed by atoms with Gasteiger partial charge in [0.25, 0.3) is 0 Å². The average Bonchev–Trinajstić information content (AvgIpc) is 3.79. The number of para-hydroxylation sites is 3. The molecule has 0 bridgehead atoms. The number of nitrogens with zero attached hydrogens (tertiary/aromatic N) is 3. The zero-order valence-corrected chi connectivity index (χ0v) is 28.5. The summed E-state index contributed by atoms with van der Waals surface area (Å²) >= 11 is 0. The van der Waals surface area contributed by atoms with Gasteiger partial charge in [0.05, 0.1) is 28.0 Å². The van der Waals surface area contributed by atoms with Gasteiger partial charge in [0.1, 0.15) is 22.7 Å². The zero-order chi connectivity index (χ0) is 35.3. The van der Waals surface area contributed by atoms with E-state index in [9.17, 15) is 5.11 Å². The summed E-state index contributed by atoms with van der Waals surface area (Å²) in [6, 6.07) is 59.7. The fourth-order valence-electron chi connectivity index (χ4n) is 7.49. The van der Waals surface area contributed by atoms with Crippen LogP contribution < -0.4 is 0 Å². The predicted molar refractivity (Wildman–Crippen MR) is 215 cm³/mol. The summed E-state index contributed by atoms with van der Waals surface area (Å²) in [4.78, 5) is 10.2. The molecule has 250 valence electrons. The number of hydrogen-bond acceptors (Lipinski definition) is 4. The molecule has 7 aromatic carbocycles. The highest BCUT2D eigenvalue weighted by molar-refractivity contribution is 6.07. The Morgan fingerprint density at radius 1 is 0.472 bits per heavy atom. The minimum Gasteiger partial charge on any atom is -0.507 e. The fourth-order valence-corrected chi connectivity index (χ4v) is 7.49. The summed E-state index contributed by atoms with van der Waals surface area (Å²) in [7, 11) is 0. The van der Waals surface area contributed by atoms with Gasteiger partial charge < -0.3 is 9.52 Å². The molecule has 5 heteroatoms. The first-order chi connectivity index (χ1) is 26.2. The number of furan rings is 1. The molecule has 0 aliphatic carbocycles. The van der Waals surface area contributed by atoms with Crippen molar-refractivity contribution in [2.75, 3.05) is 0 Å². The summed E-state index contributed by atoms with van der Waals surface area (Å²) in [6.07, 6.45) is 1.83. The van der Waals surface area contributed by atoms with Crippen LogP contribution in [-0.2, 0) is 0 Å². The smallest absolute Gasteiger partial charge is 0.149 e. The highest BCUT2D eigenvalue weighted by Gasteiger charge is 2.23. The summed E-state index contributed by atoms with van der Waals surface area (Å²) < 4.78 is 8.50. The van der Waals surface area contributed by atoms with E-state index in [2.05, 4.69) is 108 Å². The molecule has 0 saturated heterocycles. The first-order valence-electron chi connectivity index (χ1n) is 17.6. The molecular formula is C48H31N3O2. The third-order valence-corrected chi connectivity index (χ3v) is 9.96. The summed E-state index contributed by atoms with van der Waals surface area (Å²) in [5.41, 5.74) is 12.9. The number of aromatic hydroxyl groups is 1. The summed E-state index contributed by atoms with van der Waals surface area (Å²) in [5, 5.41) is 13.6. The van der Waals surface area contributed by atoms with Crippen molar-refractivity contribution >= 4 is 33.0 Å². The standard InChI is InChI=1S/C48H31N3O2/c52-44-29-39-38-19-8-10-24-45(38)53-46(39)30-40(44)48-50-47-37(20-13-23-43(47)51(48)42-22-9-7-18-36(42)32-16-5-2-6-17-32)34-26-33(31-14-3-1-4-15-31)27-35(28-34)41-21-11-12-25-49-41/h1-30,52H. The Hall–Kier alpha value is -7.24. The number of benzene rings is 7. The normalized spacial score (nSPS) is 11.5. The van der Waals surface area contributed by atoms with E-state index in [0.29, 0.717) is 17.0 Å². The molecule has 0 aliphatic rings. The van der Waals surface area contributed by atoms with Crippen LogP contribution in [0.1, 0.15) is 0 Å². The number of imidazole rings is 1. The highest BCUT2D eigenvalue weighted by atomic mass is 16.3. The lowest BCUT2D eigenvalue weighted by atomic mass is 9.94. The SMILES string of the molecule is Oc1cc2c(cc1-c1nc3c(-c4cc(-c5ccccc5)cc(-c5ccccn5)c4)cccc3n1-c1ccccc1-c1ccccc1)oc1ccccc12. The third-order valence-electron chi connectivity index (χ3n) is 9.96. The van der Waals surface area contributed by atoms with Crippen molar-refractivity contribution in [1.29, 1.82) is 0 Å². The van der Waals surface area contributed by atoms with Crippen molar-refractivity contribution in [3.05, 3.63) is 182 Å². The molecular weight excluding hydrogens is 651 g/mol. The Balaban J connectivity index is 1.27. The van der Waals surface area contributed by atoms with E-state index in [0.717, 1.165) is 77.7 Å². The van der Waals surface area contributed by atoms with Gasteiger partial charge in [-0.3, -0.25) is 9.55 Å². The van der Waals surface area contributed by atoms with E-state index < -0.39 is 0 Å². The Labute approximate surface area is 305 Å². The van der Waals surface area contributed by atoms with Crippen LogP contribution in [0.5, 0.6) is 5.75 Å². The molecule has 0 spiro atoms. The van der Waals surface area contributed by atoms with Crippen LogP contribution >= 0.6 is 0 Å². The second-order valence-corrected chi connectivity index (χ2v) is 13.2. The van der Waals surface area contributed by atoms with E-state index in [4.69, 9.17) is 14.4 Å². The molecule has 10 aromatic rings. The number of aromatic nitrogens is 3. The molecule has 0 atom stereocenters. The lowest BCUT2D eigenvalue weighted by molar-refractivity contribution is 0.477. The molecule has 0 unspecified atom stereocenters. The first kappa shape index (κ1) is 30.6. The van der Waals surface area contributed by atoms with Gasteiger partial charge in [0.2, 0.25) is 0 Å². The van der Waals surface area contributed by atoms with E-state index in [1.807, 2.05) is 72.9 Å². The third kappa shape index (κ3) is 5.26. The zero-order valence-electron chi connectivity index (χ0n) is 28.5. The Kier molecular flexibility index (Phi) is 7.22. The number of phenolic OH excluding ortho intramolecular Hbond substituents is 1. The van der Waals surface area contributed by atoms with E-state index in [-0.39, 0.29) is 5.75 Å². The lowest BCUT2D eigenvalue weighted by Gasteiger charge is -2.16. The van der Waals surface area contributed by atoms with Crippen LogP contribution in [-0.4, -0.2) is 19.6 Å². The summed E-state index contributed by atoms with van der Waals surface area (Å²) in [6.45, 7) is 0. The average molecular weight is 682 g/mol. The summed E-state index contributed by atoms with van der Waals surface area (Å²) in [5.74, 6) is 0.739. The first-order valence-corrected chi connectivity index (χ1v) is 17.6. The van der Waals surface area contributed by atoms with Gasteiger partial charge in [-0.2, -0.15) is 0 Å². The minimum atomic E-state index is 0.128. The van der Waals surface area contributed by atoms with Crippen molar-refractivity contribution in [3.63, 3.8) is 0 Å². The molecule has 1 N–H and O–H groups in total. The van der Waals surface area contributed by atoms with Crippen LogP contribution in [0.4, 0.5) is 0 Å². The van der Waals surface area contributed by atoms with Crippen molar-refractivity contribution in [2.45, 2.75) is 0 Å². The molecule has 5 nitrogen and oxygen atoms in total. The molecule has 0 radical (unpaired) electrons. The van der Waals surface area contributed by atoms with E-state index in [1.165, 1.54) is 0 Å². The monoisotopic (exact) mass is 681 g/mol. The van der Waals surface area contributed by atoms with Gasteiger partial charge in [-0.05, 0) is 82.9 Å². The van der Waals surface area contributed by atoms with Gasteiger partial charge in [-0.25, -0.2) is 4.98 Å². The largest absolute Gasteiger partial charge is 0.507 e. The van der Waals surface area contributed by atoms with Gasteiger partial charge in [0.15, 0.2) is 0 Å². The Morgan fingerprint density at radius 3 is 2.00 bits per heavy atom. The molecule has 0 fully saturated rings. The van der Waals surface area contributed by atoms with Crippen LogP contribution in [0.2, 0.25) is 0 Å². The highest BCUT2D eigenvalue weighted by Crippen LogP contribution is 2.43. The van der Waals surface area contributed by atoms with Crippen molar-refractivity contribution in [2.24, 2.45) is 0 Å². The van der Waals surface area contributed by atoms with Gasteiger partial charge >= 0.3 is 0 Å². The van der Waals surface area contributed by atoms with Crippen molar-refractivity contribution in [3.8, 4) is 67.5 Å². The fraction of sp³-hybridized carbons (Fsp3) is 0. The Morgan fingerprint density at radius 2 is 1.17 bits per heavy atom. The maximum atomic E-state index is 11.8. The molecule has 53 heavy (non-hydrogen) atoms. The number of hydrogen-bond donors (Lipinski definition) is 1. The predicted octanol–water partition coefficient (Wildman–Crippen LogP) is 12.4. The second kappa shape index (κ2) is 12.5. The number of phenols is 1. The van der Waals surface area contributed by atoms with E-state index in [1.54, 1.807) is 6.07 Å². The van der Waals surface area contributed by atoms with Crippen LogP contribution in [0, 0.1) is 0 Å². The number of rotatable bonds is 6. The molecule has 3 heterocycles. The van der Waals surface area contributed by atoms with Crippen LogP contribution in [0.15, 0.2) is 187 Å². The maximum Gasteiger partial charge on any atom is 0.149 e. The quantitative estimate of drug-likeness (QED) is 0.190. The van der Waals surface area contributed by atoms with Gasteiger partial charge in [-0.15, -0.1) is 0 Å². The molecule has 0 aliphatic heterocycles. The molecule has 0 amide bonds. The van der Waals surface area contributed by atoms with E-state index >= 15 is 0 Å². The van der Waals surface area contributed by atoms with Crippen molar-refractivity contribution < 1.29 is 9.52 Å². The van der Waals surface area contributed by atoms with Crippen LogP contribution in [0.3, 0.4) is 0 Å². The molecule has 3 aromatic heterocycles. The maximum absolute atomic E-state index is 11.8. The van der Waals surface area contributed by atoms with Crippen molar-refractivity contribution in [1.82, 2.24) is 14.5 Å². The minimum absolute atomic E-state index is 0.128. The number of fused-ring (bicyclic) bond motifs is 4. The van der Waals surface area contributed by atoms with Crippen LogP contribution in [0.25, 0.3) is 94.7 Å².